The molecule has 0 rings (SSSR count). The molecule has 0 aromatic rings. The average Bonchev–Trinajstić information content (AvgIpc) is 2.46. The Morgan fingerprint density at radius 2 is 0.909 bits per heavy atom. The van der Waals surface area contributed by atoms with Gasteiger partial charge in [-0.2, -0.15) is 11.1 Å². The molecule has 0 amide bonds. The van der Waals surface area contributed by atoms with Crippen LogP contribution in [0.2, 0.25) is 18.6 Å². The van der Waals surface area contributed by atoms with Crippen molar-refractivity contribution in [1.82, 2.24) is 0 Å². The largest absolute Gasteiger partial charge is 0.167 e. The fourth-order valence-corrected chi connectivity index (χ4v) is 5.79. The molecule has 0 aliphatic heterocycles. The molecule has 2 heteroatoms. The van der Waals surface area contributed by atoms with E-state index >= 15 is 0 Å². The van der Waals surface area contributed by atoms with E-state index in [0.29, 0.717) is 0 Å². The minimum Gasteiger partial charge on any atom is -0.167 e. The van der Waals surface area contributed by atoms with E-state index in [2.05, 4.69) is 26.9 Å². The van der Waals surface area contributed by atoms with Crippen LogP contribution in [0, 0.1) is 0 Å². The van der Waals surface area contributed by atoms with Gasteiger partial charge in [-0.15, -0.1) is 0 Å². The lowest BCUT2D eigenvalue weighted by Gasteiger charge is -2.26. The maximum Gasteiger partial charge on any atom is 0.153 e. The molecule has 22 heavy (non-hydrogen) atoms. The van der Waals surface area contributed by atoms with Crippen molar-refractivity contribution in [3.63, 3.8) is 0 Å². The summed E-state index contributed by atoms with van der Waals surface area (Å²) in [6.07, 6.45) is 21.2. The standard InChI is InChI=1S/C20H43ClSi/c1-5-7-9-10-11-12-13-14-15-17-19-20(22(3,4)21)18-16-8-6-2/h20H,5-19H2,1-4H3. The third-order valence-electron chi connectivity index (χ3n) is 5.03. The second kappa shape index (κ2) is 15.1. The minimum atomic E-state index is -1.46. The summed E-state index contributed by atoms with van der Waals surface area (Å²) in [5.74, 6) is 0. The summed E-state index contributed by atoms with van der Waals surface area (Å²) in [7, 11) is -1.46. The number of unbranched alkanes of at least 4 members (excludes halogenated alkanes) is 11. The Hall–Kier alpha value is 0.507. The number of hydrogen-bond donors (Lipinski definition) is 0. The quantitative estimate of drug-likeness (QED) is 0.149. The van der Waals surface area contributed by atoms with Gasteiger partial charge in [0.1, 0.15) is 0 Å². The predicted molar refractivity (Wildman–Crippen MR) is 108 cm³/mol. The van der Waals surface area contributed by atoms with Crippen molar-refractivity contribution < 1.29 is 0 Å². The van der Waals surface area contributed by atoms with E-state index in [1.807, 2.05) is 0 Å². The third kappa shape index (κ3) is 14.1. The SMILES string of the molecule is CCCCCCCCCCCCC(CCCCC)[Si](C)(C)Cl. The smallest absolute Gasteiger partial charge is 0.153 e. The summed E-state index contributed by atoms with van der Waals surface area (Å²) in [6, 6.07) is 0. The lowest BCUT2D eigenvalue weighted by molar-refractivity contribution is 0.527. The molecule has 1 unspecified atom stereocenters. The van der Waals surface area contributed by atoms with Crippen LogP contribution < -0.4 is 0 Å². The first-order valence-corrected chi connectivity index (χ1v) is 14.3. The van der Waals surface area contributed by atoms with Gasteiger partial charge in [-0.25, -0.2) is 0 Å². The molecule has 0 radical (unpaired) electrons. The molecule has 0 N–H and O–H groups in total. The number of halogens is 1. The molecule has 0 saturated heterocycles. The maximum absolute atomic E-state index is 6.74. The number of rotatable bonds is 16. The van der Waals surface area contributed by atoms with Crippen LogP contribution in [0.4, 0.5) is 0 Å². The molecule has 0 spiro atoms. The fraction of sp³-hybridized carbons (Fsp3) is 1.00. The highest BCUT2D eigenvalue weighted by Gasteiger charge is 2.28. The van der Waals surface area contributed by atoms with Gasteiger partial charge in [0.2, 0.25) is 0 Å². The number of hydrogen-bond acceptors (Lipinski definition) is 0. The van der Waals surface area contributed by atoms with Crippen molar-refractivity contribution in [3.8, 4) is 0 Å². The van der Waals surface area contributed by atoms with Crippen LogP contribution in [0.1, 0.15) is 110 Å². The summed E-state index contributed by atoms with van der Waals surface area (Å²) in [5, 5.41) is 0. The molecule has 0 aliphatic rings. The van der Waals surface area contributed by atoms with Gasteiger partial charge < -0.3 is 0 Å². The van der Waals surface area contributed by atoms with Gasteiger partial charge in [0.25, 0.3) is 0 Å². The molecule has 134 valence electrons. The second-order valence-electron chi connectivity index (χ2n) is 7.73. The minimum absolute atomic E-state index is 0.842. The van der Waals surface area contributed by atoms with Gasteiger partial charge in [0, 0.05) is 0 Å². The Morgan fingerprint density at radius 3 is 1.32 bits per heavy atom. The molecule has 0 saturated carbocycles. The second-order valence-corrected chi connectivity index (χ2v) is 14.6. The van der Waals surface area contributed by atoms with E-state index in [1.54, 1.807) is 0 Å². The summed E-state index contributed by atoms with van der Waals surface area (Å²) in [5.41, 5.74) is 0.842. The van der Waals surface area contributed by atoms with Crippen LogP contribution in [-0.2, 0) is 0 Å². The zero-order valence-corrected chi connectivity index (χ0v) is 17.8. The summed E-state index contributed by atoms with van der Waals surface area (Å²) < 4.78 is 0. The van der Waals surface area contributed by atoms with E-state index in [-0.39, 0.29) is 0 Å². The Kier molecular flexibility index (Phi) is 15.4. The van der Waals surface area contributed by atoms with Gasteiger partial charge in [0.05, 0.1) is 0 Å². The van der Waals surface area contributed by atoms with Gasteiger partial charge >= 0.3 is 0 Å². The molecule has 0 bridgehead atoms. The fourth-order valence-electron chi connectivity index (χ4n) is 3.35. The Balaban J connectivity index is 3.55. The highest BCUT2D eigenvalue weighted by Crippen LogP contribution is 2.35. The van der Waals surface area contributed by atoms with Crippen LogP contribution in [0.5, 0.6) is 0 Å². The molecular weight excluding hydrogens is 304 g/mol. The van der Waals surface area contributed by atoms with Crippen LogP contribution in [0.25, 0.3) is 0 Å². The molecule has 0 aromatic heterocycles. The Bertz CT molecular complexity index is 222. The van der Waals surface area contributed by atoms with E-state index in [4.69, 9.17) is 11.1 Å². The van der Waals surface area contributed by atoms with Gasteiger partial charge in [0.15, 0.2) is 7.38 Å². The summed E-state index contributed by atoms with van der Waals surface area (Å²) >= 11 is 6.74. The lowest BCUT2D eigenvalue weighted by Crippen LogP contribution is -2.25. The molecule has 1 atom stereocenters. The van der Waals surface area contributed by atoms with Crippen LogP contribution >= 0.6 is 11.1 Å². The van der Waals surface area contributed by atoms with E-state index in [9.17, 15) is 0 Å². The first-order valence-electron chi connectivity index (χ1n) is 10.2. The van der Waals surface area contributed by atoms with Crippen molar-refractivity contribution in [2.75, 3.05) is 0 Å². The van der Waals surface area contributed by atoms with Crippen molar-refractivity contribution in [2.24, 2.45) is 0 Å². The average molecular weight is 347 g/mol. The van der Waals surface area contributed by atoms with Crippen LogP contribution in [-0.4, -0.2) is 7.38 Å². The zero-order valence-electron chi connectivity index (χ0n) is 16.1. The van der Waals surface area contributed by atoms with Crippen LogP contribution in [0.15, 0.2) is 0 Å². The maximum atomic E-state index is 6.74. The summed E-state index contributed by atoms with van der Waals surface area (Å²) in [6.45, 7) is 9.28. The Morgan fingerprint density at radius 1 is 0.591 bits per heavy atom. The monoisotopic (exact) mass is 346 g/mol. The molecule has 0 nitrogen and oxygen atoms in total. The third-order valence-corrected chi connectivity index (χ3v) is 8.48. The molecular formula is C20H43ClSi. The normalized spacial score (nSPS) is 13.5. The van der Waals surface area contributed by atoms with Crippen molar-refractivity contribution in [3.05, 3.63) is 0 Å². The highest BCUT2D eigenvalue weighted by atomic mass is 35.6. The lowest BCUT2D eigenvalue weighted by atomic mass is 10.0. The summed E-state index contributed by atoms with van der Waals surface area (Å²) in [4.78, 5) is 0. The van der Waals surface area contributed by atoms with Gasteiger partial charge in [-0.05, 0) is 5.54 Å². The zero-order chi connectivity index (χ0) is 16.7. The Labute approximate surface area is 147 Å². The van der Waals surface area contributed by atoms with E-state index < -0.39 is 7.38 Å². The van der Waals surface area contributed by atoms with E-state index in [0.717, 1.165) is 5.54 Å². The molecule has 0 fully saturated rings. The first-order chi connectivity index (χ1) is 10.5. The highest BCUT2D eigenvalue weighted by molar-refractivity contribution is 7.19. The topological polar surface area (TPSA) is 0 Å². The predicted octanol–water partition coefficient (Wildman–Crippen LogP) is 8.69. The van der Waals surface area contributed by atoms with E-state index in [1.165, 1.54) is 96.3 Å². The van der Waals surface area contributed by atoms with Crippen LogP contribution in [0.3, 0.4) is 0 Å². The van der Waals surface area contributed by atoms with Crippen molar-refractivity contribution in [1.29, 1.82) is 0 Å². The molecule has 0 aromatic carbocycles. The molecule has 0 aliphatic carbocycles. The first kappa shape index (κ1) is 22.5. The van der Waals surface area contributed by atoms with Crippen molar-refractivity contribution >= 4 is 18.5 Å². The molecule has 0 heterocycles. The van der Waals surface area contributed by atoms with Crippen molar-refractivity contribution in [2.45, 2.75) is 129 Å². The van der Waals surface area contributed by atoms with Gasteiger partial charge in [-0.3, -0.25) is 0 Å². The van der Waals surface area contributed by atoms with Gasteiger partial charge in [-0.1, -0.05) is 123 Å².